The highest BCUT2D eigenvalue weighted by molar-refractivity contribution is 5.77. The van der Waals surface area contributed by atoms with Crippen LogP contribution in [0.1, 0.15) is 0 Å². The third kappa shape index (κ3) is 4.18. The molecule has 0 aromatic heterocycles. The molecule has 16 heavy (non-hydrogen) atoms. The zero-order chi connectivity index (χ0) is 11.8. The molecular formula is C11H16N2O3. The van der Waals surface area contributed by atoms with Gasteiger partial charge in [-0.05, 0) is 12.1 Å². The van der Waals surface area contributed by atoms with Crippen molar-refractivity contribution in [3.63, 3.8) is 0 Å². The largest absolute Gasteiger partial charge is 0.497 e. The van der Waals surface area contributed by atoms with Crippen LogP contribution in [0.2, 0.25) is 0 Å². The predicted molar refractivity (Wildman–Crippen MR) is 60.6 cm³/mol. The standard InChI is InChI=1S/C11H16N2O3/c1-15-9-3-2-4-10(7-9)16-6-5-13-11(14)8-12/h2-4,7H,5-6,8,12H2,1H3,(H,13,14). The topological polar surface area (TPSA) is 73.6 Å². The smallest absolute Gasteiger partial charge is 0.233 e. The van der Waals surface area contributed by atoms with E-state index < -0.39 is 0 Å². The number of nitrogens with one attached hydrogen (secondary N) is 1. The fourth-order valence-electron chi connectivity index (χ4n) is 1.12. The zero-order valence-corrected chi connectivity index (χ0v) is 9.23. The molecule has 0 bridgehead atoms. The molecule has 1 aromatic rings. The predicted octanol–water partition coefficient (Wildman–Crippen LogP) is 0.149. The third-order valence-electron chi connectivity index (χ3n) is 1.92. The molecule has 1 rings (SSSR count). The number of rotatable bonds is 6. The van der Waals surface area contributed by atoms with E-state index in [4.69, 9.17) is 15.2 Å². The number of hydrogen-bond donors (Lipinski definition) is 2. The summed E-state index contributed by atoms with van der Waals surface area (Å²) < 4.78 is 10.5. The molecule has 0 saturated heterocycles. The second-order valence-corrected chi connectivity index (χ2v) is 3.08. The van der Waals surface area contributed by atoms with Crippen molar-refractivity contribution in [1.82, 2.24) is 5.32 Å². The summed E-state index contributed by atoms with van der Waals surface area (Å²) in [6.07, 6.45) is 0. The van der Waals surface area contributed by atoms with Crippen molar-refractivity contribution in [2.45, 2.75) is 0 Å². The summed E-state index contributed by atoms with van der Waals surface area (Å²) >= 11 is 0. The molecule has 0 saturated carbocycles. The van der Waals surface area contributed by atoms with E-state index >= 15 is 0 Å². The summed E-state index contributed by atoms with van der Waals surface area (Å²) in [5.41, 5.74) is 5.13. The Kier molecular flexibility index (Phi) is 5.15. The van der Waals surface area contributed by atoms with E-state index in [1.54, 1.807) is 13.2 Å². The van der Waals surface area contributed by atoms with Crippen LogP contribution in [0.5, 0.6) is 11.5 Å². The highest BCUT2D eigenvalue weighted by Gasteiger charge is 1.98. The average Bonchev–Trinajstić information content (AvgIpc) is 2.34. The summed E-state index contributed by atoms with van der Waals surface area (Å²) in [6, 6.07) is 7.29. The summed E-state index contributed by atoms with van der Waals surface area (Å²) in [5, 5.41) is 2.61. The van der Waals surface area contributed by atoms with Gasteiger partial charge in [0.2, 0.25) is 5.91 Å². The highest BCUT2D eigenvalue weighted by atomic mass is 16.5. The Balaban J connectivity index is 2.28. The first-order valence-electron chi connectivity index (χ1n) is 5.00. The van der Waals surface area contributed by atoms with Gasteiger partial charge in [-0.2, -0.15) is 0 Å². The molecule has 0 aliphatic carbocycles. The van der Waals surface area contributed by atoms with Crippen LogP contribution in [0.25, 0.3) is 0 Å². The van der Waals surface area contributed by atoms with Crippen LogP contribution < -0.4 is 20.5 Å². The molecule has 0 heterocycles. The van der Waals surface area contributed by atoms with Gasteiger partial charge in [-0.1, -0.05) is 6.07 Å². The maximum absolute atomic E-state index is 10.8. The lowest BCUT2D eigenvalue weighted by Gasteiger charge is -2.08. The fourth-order valence-corrected chi connectivity index (χ4v) is 1.12. The molecular weight excluding hydrogens is 208 g/mol. The second-order valence-electron chi connectivity index (χ2n) is 3.08. The lowest BCUT2D eigenvalue weighted by atomic mass is 10.3. The van der Waals surface area contributed by atoms with Gasteiger partial charge in [0.05, 0.1) is 20.2 Å². The van der Waals surface area contributed by atoms with Crippen molar-refractivity contribution in [2.24, 2.45) is 5.73 Å². The molecule has 1 amide bonds. The summed E-state index contributed by atoms with van der Waals surface area (Å²) in [4.78, 5) is 10.8. The molecule has 5 nitrogen and oxygen atoms in total. The van der Waals surface area contributed by atoms with Crippen LogP contribution in [-0.2, 0) is 4.79 Å². The first-order valence-corrected chi connectivity index (χ1v) is 5.00. The Bertz CT molecular complexity index is 342. The monoisotopic (exact) mass is 224 g/mol. The molecule has 0 spiro atoms. The number of carbonyl (C=O) groups excluding carboxylic acids is 1. The van der Waals surface area contributed by atoms with Crippen LogP contribution in [0.3, 0.4) is 0 Å². The maximum Gasteiger partial charge on any atom is 0.233 e. The Morgan fingerprint density at radius 3 is 2.88 bits per heavy atom. The number of ether oxygens (including phenoxy) is 2. The van der Waals surface area contributed by atoms with Gasteiger partial charge in [0.1, 0.15) is 18.1 Å². The highest BCUT2D eigenvalue weighted by Crippen LogP contribution is 2.18. The minimum absolute atomic E-state index is 0.000833. The lowest BCUT2D eigenvalue weighted by Crippen LogP contribution is -2.33. The minimum Gasteiger partial charge on any atom is -0.497 e. The first kappa shape index (κ1) is 12.3. The number of hydrogen-bond acceptors (Lipinski definition) is 4. The third-order valence-corrected chi connectivity index (χ3v) is 1.92. The normalized spacial score (nSPS) is 9.62. The molecule has 5 heteroatoms. The zero-order valence-electron chi connectivity index (χ0n) is 9.23. The summed E-state index contributed by atoms with van der Waals surface area (Å²) in [6.45, 7) is 0.839. The van der Waals surface area contributed by atoms with Crippen LogP contribution in [-0.4, -0.2) is 32.7 Å². The van der Waals surface area contributed by atoms with Crippen molar-refractivity contribution in [3.05, 3.63) is 24.3 Å². The molecule has 88 valence electrons. The van der Waals surface area contributed by atoms with Gasteiger partial charge in [-0.3, -0.25) is 4.79 Å². The van der Waals surface area contributed by atoms with Crippen molar-refractivity contribution in [2.75, 3.05) is 26.8 Å². The molecule has 3 N–H and O–H groups in total. The summed E-state index contributed by atoms with van der Waals surface area (Å²) in [7, 11) is 1.60. The van der Waals surface area contributed by atoms with E-state index in [1.165, 1.54) is 0 Å². The number of benzene rings is 1. The van der Waals surface area contributed by atoms with Gasteiger partial charge in [0.25, 0.3) is 0 Å². The van der Waals surface area contributed by atoms with Gasteiger partial charge in [0, 0.05) is 6.07 Å². The van der Waals surface area contributed by atoms with Crippen molar-refractivity contribution >= 4 is 5.91 Å². The van der Waals surface area contributed by atoms with E-state index in [0.29, 0.717) is 18.9 Å². The van der Waals surface area contributed by atoms with Crippen molar-refractivity contribution in [1.29, 1.82) is 0 Å². The van der Waals surface area contributed by atoms with Gasteiger partial charge in [-0.25, -0.2) is 0 Å². The quantitative estimate of drug-likeness (QED) is 0.674. The number of nitrogens with two attached hydrogens (primary N) is 1. The molecule has 0 unspecified atom stereocenters. The molecule has 0 aliphatic heterocycles. The van der Waals surface area contributed by atoms with Crippen molar-refractivity contribution in [3.8, 4) is 11.5 Å². The molecule has 0 atom stereocenters. The van der Waals surface area contributed by atoms with Gasteiger partial charge in [-0.15, -0.1) is 0 Å². The Hall–Kier alpha value is -1.75. The first-order chi connectivity index (χ1) is 7.76. The number of methoxy groups -OCH3 is 1. The van der Waals surface area contributed by atoms with Gasteiger partial charge in [0.15, 0.2) is 0 Å². The van der Waals surface area contributed by atoms with Gasteiger partial charge < -0.3 is 20.5 Å². The molecule has 1 aromatic carbocycles. The van der Waals surface area contributed by atoms with Gasteiger partial charge >= 0.3 is 0 Å². The van der Waals surface area contributed by atoms with E-state index in [-0.39, 0.29) is 12.5 Å². The van der Waals surface area contributed by atoms with Crippen LogP contribution >= 0.6 is 0 Å². The molecule has 0 aliphatic rings. The Morgan fingerprint density at radius 2 is 2.19 bits per heavy atom. The SMILES string of the molecule is COc1cccc(OCCNC(=O)CN)c1. The van der Waals surface area contributed by atoms with E-state index in [9.17, 15) is 4.79 Å². The fraction of sp³-hybridized carbons (Fsp3) is 0.364. The van der Waals surface area contributed by atoms with Crippen LogP contribution in [0.4, 0.5) is 0 Å². The lowest BCUT2D eigenvalue weighted by molar-refractivity contribution is -0.119. The van der Waals surface area contributed by atoms with Crippen LogP contribution in [0.15, 0.2) is 24.3 Å². The molecule has 0 radical (unpaired) electrons. The molecule has 0 fully saturated rings. The summed E-state index contributed by atoms with van der Waals surface area (Å²) in [5.74, 6) is 1.26. The minimum atomic E-state index is -0.186. The second kappa shape index (κ2) is 6.68. The van der Waals surface area contributed by atoms with Crippen LogP contribution in [0, 0.1) is 0 Å². The average molecular weight is 224 g/mol. The van der Waals surface area contributed by atoms with Crippen molar-refractivity contribution < 1.29 is 14.3 Å². The number of amides is 1. The van der Waals surface area contributed by atoms with E-state index in [2.05, 4.69) is 5.32 Å². The maximum atomic E-state index is 10.8. The Labute approximate surface area is 94.5 Å². The number of carbonyl (C=O) groups is 1. The van der Waals surface area contributed by atoms with E-state index in [1.807, 2.05) is 18.2 Å². The Morgan fingerprint density at radius 1 is 1.44 bits per heavy atom. The van der Waals surface area contributed by atoms with E-state index in [0.717, 1.165) is 5.75 Å².